The average molecular weight is 185 g/mol. The SMILES string of the molecule is CC(CCCO)Nc1n[nH]c(N)n1. The van der Waals surface area contributed by atoms with Gasteiger partial charge in [-0.2, -0.15) is 4.98 Å². The van der Waals surface area contributed by atoms with Gasteiger partial charge in [0.1, 0.15) is 0 Å². The molecule has 0 aliphatic rings. The highest BCUT2D eigenvalue weighted by Crippen LogP contribution is 2.04. The zero-order valence-electron chi connectivity index (χ0n) is 7.62. The van der Waals surface area contributed by atoms with Gasteiger partial charge in [0.05, 0.1) is 0 Å². The fourth-order valence-corrected chi connectivity index (χ4v) is 1.03. The zero-order chi connectivity index (χ0) is 9.68. The number of nitrogens with one attached hydrogen (secondary N) is 2. The predicted molar refractivity (Wildman–Crippen MR) is 50.2 cm³/mol. The van der Waals surface area contributed by atoms with Crippen molar-refractivity contribution < 1.29 is 5.11 Å². The lowest BCUT2D eigenvalue weighted by Gasteiger charge is -2.10. The van der Waals surface area contributed by atoms with Crippen molar-refractivity contribution in [2.75, 3.05) is 17.7 Å². The standard InChI is InChI=1S/C7H15N5O/c1-5(3-2-4-13)9-7-10-6(8)11-12-7/h5,13H,2-4H2,1H3,(H4,8,9,10,11,12). The Balaban J connectivity index is 2.31. The molecule has 1 heterocycles. The third kappa shape index (κ3) is 3.29. The molecule has 0 radical (unpaired) electrons. The molecule has 0 aromatic carbocycles. The quantitative estimate of drug-likeness (QED) is 0.515. The Bertz CT molecular complexity index is 249. The summed E-state index contributed by atoms with van der Waals surface area (Å²) in [4.78, 5) is 3.90. The molecule has 1 aromatic heterocycles. The highest BCUT2D eigenvalue weighted by molar-refractivity contribution is 5.30. The monoisotopic (exact) mass is 185 g/mol. The predicted octanol–water partition coefficient (Wildman–Crippen LogP) is -0.0402. The third-order valence-corrected chi connectivity index (χ3v) is 1.67. The molecular formula is C7H15N5O. The fraction of sp³-hybridized carbons (Fsp3) is 0.714. The number of nitrogen functional groups attached to an aromatic ring is 1. The summed E-state index contributed by atoms with van der Waals surface area (Å²) in [6, 6.07) is 0.238. The highest BCUT2D eigenvalue weighted by atomic mass is 16.2. The molecule has 6 nitrogen and oxygen atoms in total. The van der Waals surface area contributed by atoms with Gasteiger partial charge in [-0.25, -0.2) is 5.10 Å². The number of nitrogens with zero attached hydrogens (tertiary/aromatic N) is 2. The van der Waals surface area contributed by atoms with Gasteiger partial charge >= 0.3 is 0 Å². The summed E-state index contributed by atoms with van der Waals surface area (Å²) in [6.45, 7) is 2.21. The number of rotatable bonds is 5. The van der Waals surface area contributed by atoms with Crippen molar-refractivity contribution in [1.29, 1.82) is 0 Å². The van der Waals surface area contributed by atoms with Crippen molar-refractivity contribution in [3.63, 3.8) is 0 Å². The van der Waals surface area contributed by atoms with Gasteiger partial charge in [0.25, 0.3) is 0 Å². The first-order valence-corrected chi connectivity index (χ1v) is 4.27. The number of H-pyrrole nitrogens is 1. The Morgan fingerprint density at radius 3 is 3.00 bits per heavy atom. The summed E-state index contributed by atoms with van der Waals surface area (Å²) in [6.07, 6.45) is 1.65. The van der Waals surface area contributed by atoms with E-state index in [0.29, 0.717) is 11.9 Å². The molecular weight excluding hydrogens is 170 g/mol. The molecule has 6 heteroatoms. The smallest absolute Gasteiger partial charge is 0.243 e. The highest BCUT2D eigenvalue weighted by Gasteiger charge is 2.04. The Kier molecular flexibility index (Phi) is 3.51. The first kappa shape index (κ1) is 9.79. The second kappa shape index (κ2) is 4.66. The fourth-order valence-electron chi connectivity index (χ4n) is 1.03. The second-order valence-corrected chi connectivity index (χ2v) is 2.96. The summed E-state index contributed by atoms with van der Waals surface area (Å²) >= 11 is 0. The van der Waals surface area contributed by atoms with E-state index in [4.69, 9.17) is 10.8 Å². The Labute approximate surface area is 76.6 Å². The largest absolute Gasteiger partial charge is 0.396 e. The molecule has 0 bridgehead atoms. The van der Waals surface area contributed by atoms with E-state index in [2.05, 4.69) is 20.5 Å². The van der Waals surface area contributed by atoms with Crippen LogP contribution in [0.25, 0.3) is 0 Å². The van der Waals surface area contributed by atoms with Crippen LogP contribution in [0.2, 0.25) is 0 Å². The van der Waals surface area contributed by atoms with E-state index in [9.17, 15) is 0 Å². The van der Waals surface area contributed by atoms with E-state index >= 15 is 0 Å². The lowest BCUT2D eigenvalue weighted by Crippen LogP contribution is -2.16. The van der Waals surface area contributed by atoms with Crippen LogP contribution >= 0.6 is 0 Å². The molecule has 1 atom stereocenters. The van der Waals surface area contributed by atoms with Crippen LogP contribution in [0, 0.1) is 0 Å². The zero-order valence-corrected chi connectivity index (χ0v) is 7.62. The summed E-state index contributed by atoms with van der Waals surface area (Å²) in [7, 11) is 0. The van der Waals surface area contributed by atoms with Gasteiger partial charge in [-0.15, -0.1) is 5.10 Å². The molecule has 0 amide bonds. The first-order chi connectivity index (χ1) is 6.22. The van der Waals surface area contributed by atoms with Gasteiger partial charge in [-0.1, -0.05) is 0 Å². The normalized spacial score (nSPS) is 12.8. The van der Waals surface area contributed by atoms with Crippen molar-refractivity contribution >= 4 is 11.9 Å². The van der Waals surface area contributed by atoms with Gasteiger partial charge in [0, 0.05) is 12.6 Å². The summed E-state index contributed by atoms with van der Waals surface area (Å²) in [5, 5.41) is 18.0. The van der Waals surface area contributed by atoms with Gasteiger partial charge in [0.15, 0.2) is 0 Å². The lowest BCUT2D eigenvalue weighted by atomic mass is 10.2. The topological polar surface area (TPSA) is 99.8 Å². The van der Waals surface area contributed by atoms with E-state index in [1.54, 1.807) is 0 Å². The van der Waals surface area contributed by atoms with Gasteiger partial charge in [0.2, 0.25) is 11.9 Å². The van der Waals surface area contributed by atoms with Crippen LogP contribution in [0.3, 0.4) is 0 Å². The molecule has 0 aliphatic heterocycles. The molecule has 1 unspecified atom stereocenters. The van der Waals surface area contributed by atoms with Crippen molar-refractivity contribution in [2.45, 2.75) is 25.8 Å². The third-order valence-electron chi connectivity index (χ3n) is 1.67. The molecule has 74 valence electrons. The van der Waals surface area contributed by atoms with Gasteiger partial charge in [-0.05, 0) is 19.8 Å². The maximum absolute atomic E-state index is 8.60. The van der Waals surface area contributed by atoms with Crippen molar-refractivity contribution in [3.8, 4) is 0 Å². The lowest BCUT2D eigenvalue weighted by molar-refractivity contribution is 0.282. The summed E-state index contributed by atoms with van der Waals surface area (Å²) < 4.78 is 0. The molecule has 0 aliphatic carbocycles. The maximum Gasteiger partial charge on any atom is 0.243 e. The molecule has 5 N–H and O–H groups in total. The molecule has 0 saturated heterocycles. The number of hydrogen-bond donors (Lipinski definition) is 4. The van der Waals surface area contributed by atoms with E-state index < -0.39 is 0 Å². The van der Waals surface area contributed by atoms with Crippen molar-refractivity contribution in [2.24, 2.45) is 0 Å². The van der Waals surface area contributed by atoms with Crippen LogP contribution in [0.4, 0.5) is 11.9 Å². The minimum atomic E-state index is 0.210. The van der Waals surface area contributed by atoms with Crippen molar-refractivity contribution in [3.05, 3.63) is 0 Å². The van der Waals surface area contributed by atoms with Crippen LogP contribution < -0.4 is 11.1 Å². The minimum absolute atomic E-state index is 0.210. The number of aliphatic hydroxyl groups is 1. The number of nitrogens with two attached hydrogens (primary N) is 1. The van der Waals surface area contributed by atoms with Crippen molar-refractivity contribution in [1.82, 2.24) is 15.2 Å². The summed E-state index contributed by atoms with van der Waals surface area (Å²) in [5.41, 5.74) is 5.35. The van der Waals surface area contributed by atoms with E-state index in [1.807, 2.05) is 6.92 Å². The van der Waals surface area contributed by atoms with E-state index in [1.165, 1.54) is 0 Å². The van der Waals surface area contributed by atoms with Gasteiger partial charge in [-0.3, -0.25) is 0 Å². The first-order valence-electron chi connectivity index (χ1n) is 4.27. The number of aliphatic hydroxyl groups excluding tert-OH is 1. The number of aromatic nitrogens is 3. The van der Waals surface area contributed by atoms with Crippen LogP contribution in [0.15, 0.2) is 0 Å². The Hall–Kier alpha value is -1.30. The Morgan fingerprint density at radius 1 is 1.69 bits per heavy atom. The van der Waals surface area contributed by atoms with Crippen LogP contribution in [0.1, 0.15) is 19.8 Å². The van der Waals surface area contributed by atoms with E-state index in [-0.39, 0.29) is 12.6 Å². The molecule has 1 aromatic rings. The van der Waals surface area contributed by atoms with Crippen LogP contribution in [-0.4, -0.2) is 32.9 Å². The number of aromatic amines is 1. The van der Waals surface area contributed by atoms with Crippen LogP contribution in [-0.2, 0) is 0 Å². The Morgan fingerprint density at radius 2 is 2.46 bits per heavy atom. The second-order valence-electron chi connectivity index (χ2n) is 2.96. The van der Waals surface area contributed by atoms with Gasteiger partial charge < -0.3 is 16.2 Å². The molecule has 0 fully saturated rings. The number of hydrogen-bond acceptors (Lipinski definition) is 5. The van der Waals surface area contributed by atoms with Crippen LogP contribution in [0.5, 0.6) is 0 Å². The number of anilines is 2. The van der Waals surface area contributed by atoms with E-state index in [0.717, 1.165) is 12.8 Å². The minimum Gasteiger partial charge on any atom is -0.396 e. The molecule has 0 saturated carbocycles. The molecule has 13 heavy (non-hydrogen) atoms. The molecule has 0 spiro atoms. The maximum atomic E-state index is 8.60. The summed E-state index contributed by atoms with van der Waals surface area (Å²) in [5.74, 6) is 0.805. The molecule has 1 rings (SSSR count). The average Bonchev–Trinajstić information content (AvgIpc) is 2.48.